The Bertz CT molecular complexity index is 1140. The van der Waals surface area contributed by atoms with Crippen LogP contribution >= 0.6 is 11.8 Å². The van der Waals surface area contributed by atoms with E-state index in [1.165, 1.54) is 49.2 Å². The van der Waals surface area contributed by atoms with Gasteiger partial charge in [-0.15, -0.1) is 11.8 Å². The van der Waals surface area contributed by atoms with Crippen LogP contribution in [0.5, 0.6) is 0 Å². The molecular formula is C26H27NS. The third-order valence-corrected chi connectivity index (χ3v) is 6.58. The molecule has 4 aromatic rings. The van der Waals surface area contributed by atoms with Crippen LogP contribution in [-0.4, -0.2) is 4.57 Å². The zero-order valence-corrected chi connectivity index (χ0v) is 17.9. The topological polar surface area (TPSA) is 4.93 Å². The largest absolute Gasteiger partial charge is 0.342 e. The van der Waals surface area contributed by atoms with Crippen LogP contribution in [0, 0.1) is 27.7 Å². The van der Waals surface area contributed by atoms with Crippen LogP contribution in [-0.2, 0) is 12.3 Å². The first-order chi connectivity index (χ1) is 13.5. The molecule has 3 aromatic carbocycles. The highest BCUT2D eigenvalue weighted by Gasteiger charge is 2.11. The van der Waals surface area contributed by atoms with Gasteiger partial charge in [0.2, 0.25) is 0 Å². The van der Waals surface area contributed by atoms with Crippen molar-refractivity contribution in [2.45, 2.75) is 44.9 Å². The molecule has 1 nitrogen and oxygen atoms in total. The van der Waals surface area contributed by atoms with Crippen LogP contribution in [0.3, 0.4) is 0 Å². The molecule has 1 aromatic heterocycles. The average Bonchev–Trinajstić information content (AvgIpc) is 3.03. The normalized spacial score (nSPS) is 11.3. The Morgan fingerprint density at radius 3 is 2.14 bits per heavy atom. The Morgan fingerprint density at radius 2 is 1.39 bits per heavy atom. The van der Waals surface area contributed by atoms with Crippen molar-refractivity contribution in [3.63, 3.8) is 0 Å². The van der Waals surface area contributed by atoms with Crippen molar-refractivity contribution in [1.82, 2.24) is 4.57 Å². The summed E-state index contributed by atoms with van der Waals surface area (Å²) in [5.41, 5.74) is 9.51. The van der Waals surface area contributed by atoms with Gasteiger partial charge in [-0.25, -0.2) is 0 Å². The summed E-state index contributed by atoms with van der Waals surface area (Å²) in [4.78, 5) is 1.36. The first kappa shape index (κ1) is 18.9. The second kappa shape index (κ2) is 7.89. The molecule has 0 N–H and O–H groups in total. The first-order valence-electron chi connectivity index (χ1n) is 9.84. The Morgan fingerprint density at radius 1 is 0.750 bits per heavy atom. The van der Waals surface area contributed by atoms with Gasteiger partial charge in [0.15, 0.2) is 0 Å². The number of hydrogen-bond acceptors (Lipinski definition) is 1. The molecule has 0 spiro atoms. The van der Waals surface area contributed by atoms with Gasteiger partial charge in [0.1, 0.15) is 0 Å². The maximum atomic E-state index is 2.41. The summed E-state index contributed by atoms with van der Waals surface area (Å²) in [7, 11) is 0. The summed E-state index contributed by atoms with van der Waals surface area (Å²) in [6.45, 7) is 9.67. The van der Waals surface area contributed by atoms with Gasteiger partial charge >= 0.3 is 0 Å². The monoisotopic (exact) mass is 385 g/mol. The molecule has 28 heavy (non-hydrogen) atoms. The van der Waals surface area contributed by atoms with Crippen molar-refractivity contribution in [3.05, 3.63) is 100 Å². The molecule has 0 atom stereocenters. The predicted octanol–water partition coefficient (Wildman–Crippen LogP) is 7.22. The summed E-state index contributed by atoms with van der Waals surface area (Å²) in [5.74, 6) is 1.00. The van der Waals surface area contributed by atoms with Gasteiger partial charge < -0.3 is 4.57 Å². The minimum absolute atomic E-state index is 0.915. The maximum Gasteiger partial charge on any atom is 0.0495 e. The van der Waals surface area contributed by atoms with Crippen molar-refractivity contribution in [2.24, 2.45) is 0 Å². The molecule has 0 amide bonds. The summed E-state index contributed by atoms with van der Waals surface area (Å²) in [6.07, 6.45) is 2.34. The number of thioether (sulfide) groups is 1. The number of aryl methyl sites for hydroxylation is 4. The van der Waals surface area contributed by atoms with Crippen molar-refractivity contribution < 1.29 is 0 Å². The van der Waals surface area contributed by atoms with E-state index in [1.807, 2.05) is 11.8 Å². The fraction of sp³-hybridized carbons (Fsp3) is 0.231. The van der Waals surface area contributed by atoms with Crippen molar-refractivity contribution in [2.75, 3.05) is 0 Å². The summed E-state index contributed by atoms with van der Waals surface area (Å²) in [5, 5.41) is 1.35. The SMILES string of the molecule is Cc1ccc(C)c(CSc2cn(Cc3cc(C)ccc3C)c3ccccc23)c1. The van der Waals surface area contributed by atoms with Gasteiger partial charge in [0.05, 0.1) is 0 Å². The van der Waals surface area contributed by atoms with E-state index in [-0.39, 0.29) is 0 Å². The van der Waals surface area contributed by atoms with Crippen molar-refractivity contribution in [1.29, 1.82) is 0 Å². The average molecular weight is 386 g/mol. The van der Waals surface area contributed by atoms with Crippen LogP contribution in [0.1, 0.15) is 33.4 Å². The highest BCUT2D eigenvalue weighted by atomic mass is 32.2. The fourth-order valence-corrected chi connectivity index (χ4v) is 4.88. The zero-order valence-electron chi connectivity index (χ0n) is 17.1. The molecular weight excluding hydrogens is 358 g/mol. The molecule has 0 aliphatic rings. The number of para-hydroxylation sites is 1. The van der Waals surface area contributed by atoms with E-state index in [0.717, 1.165) is 12.3 Å². The van der Waals surface area contributed by atoms with Crippen LogP contribution in [0.4, 0.5) is 0 Å². The first-order valence-corrected chi connectivity index (χ1v) is 10.8. The van der Waals surface area contributed by atoms with Gasteiger partial charge in [-0.1, -0.05) is 65.7 Å². The molecule has 0 saturated carbocycles. The van der Waals surface area contributed by atoms with Crippen LogP contribution < -0.4 is 0 Å². The predicted molar refractivity (Wildman–Crippen MR) is 122 cm³/mol. The van der Waals surface area contributed by atoms with E-state index in [9.17, 15) is 0 Å². The molecule has 2 heteroatoms. The summed E-state index contributed by atoms with van der Waals surface area (Å²) < 4.78 is 2.41. The lowest BCUT2D eigenvalue weighted by Gasteiger charge is -2.09. The van der Waals surface area contributed by atoms with Gasteiger partial charge in [-0.3, -0.25) is 0 Å². The highest BCUT2D eigenvalue weighted by molar-refractivity contribution is 7.98. The molecule has 0 aliphatic carbocycles. The maximum absolute atomic E-state index is 2.41. The molecule has 0 bridgehead atoms. The Labute approximate surface area is 172 Å². The van der Waals surface area contributed by atoms with Gasteiger partial charge in [-0.2, -0.15) is 0 Å². The van der Waals surface area contributed by atoms with E-state index >= 15 is 0 Å². The summed E-state index contributed by atoms with van der Waals surface area (Å²) >= 11 is 1.94. The third kappa shape index (κ3) is 3.88. The smallest absolute Gasteiger partial charge is 0.0495 e. The van der Waals surface area contributed by atoms with E-state index in [1.54, 1.807) is 0 Å². The second-order valence-electron chi connectivity index (χ2n) is 7.79. The standard InChI is InChI=1S/C26H27NS/c1-18-9-11-20(3)22(13-18)15-27-16-26(24-7-5-6-8-25(24)27)28-17-23-14-19(2)10-12-21(23)4/h5-14,16H,15,17H2,1-4H3. The second-order valence-corrected chi connectivity index (χ2v) is 8.80. The molecule has 142 valence electrons. The Hall–Kier alpha value is -2.45. The lowest BCUT2D eigenvalue weighted by molar-refractivity contribution is 0.823. The van der Waals surface area contributed by atoms with E-state index in [2.05, 4.69) is 99.1 Å². The number of aromatic nitrogens is 1. The third-order valence-electron chi connectivity index (χ3n) is 5.49. The van der Waals surface area contributed by atoms with E-state index in [4.69, 9.17) is 0 Å². The number of fused-ring (bicyclic) bond motifs is 1. The quantitative estimate of drug-likeness (QED) is 0.328. The van der Waals surface area contributed by atoms with Crippen LogP contribution in [0.25, 0.3) is 10.9 Å². The number of hydrogen-bond donors (Lipinski definition) is 0. The van der Waals surface area contributed by atoms with E-state index < -0.39 is 0 Å². The molecule has 4 rings (SSSR count). The van der Waals surface area contributed by atoms with Crippen molar-refractivity contribution >= 4 is 22.7 Å². The van der Waals surface area contributed by atoms with Gasteiger partial charge in [-0.05, 0) is 56.0 Å². The zero-order chi connectivity index (χ0) is 19.7. The number of benzene rings is 3. The molecule has 0 aliphatic heterocycles. The number of nitrogens with zero attached hydrogens (tertiary/aromatic N) is 1. The highest BCUT2D eigenvalue weighted by Crippen LogP contribution is 2.33. The lowest BCUT2D eigenvalue weighted by atomic mass is 10.1. The minimum Gasteiger partial charge on any atom is -0.342 e. The molecule has 0 fully saturated rings. The molecule has 0 radical (unpaired) electrons. The molecule has 0 saturated heterocycles. The molecule has 1 heterocycles. The Balaban J connectivity index is 1.66. The summed E-state index contributed by atoms with van der Waals surface area (Å²) in [6, 6.07) is 22.3. The number of rotatable bonds is 5. The van der Waals surface area contributed by atoms with Crippen LogP contribution in [0.15, 0.2) is 71.8 Å². The molecule has 0 unspecified atom stereocenters. The lowest BCUT2D eigenvalue weighted by Crippen LogP contribution is -2.00. The van der Waals surface area contributed by atoms with Crippen LogP contribution in [0.2, 0.25) is 0 Å². The van der Waals surface area contributed by atoms with Gasteiger partial charge in [0, 0.05) is 34.3 Å². The van der Waals surface area contributed by atoms with Crippen molar-refractivity contribution in [3.8, 4) is 0 Å². The van der Waals surface area contributed by atoms with E-state index in [0.29, 0.717) is 0 Å². The fourth-order valence-electron chi connectivity index (χ4n) is 3.72. The van der Waals surface area contributed by atoms with Gasteiger partial charge in [0.25, 0.3) is 0 Å². The Kier molecular flexibility index (Phi) is 5.32. The minimum atomic E-state index is 0.915.